The van der Waals surface area contributed by atoms with Gasteiger partial charge in [0.1, 0.15) is 23.0 Å². The van der Waals surface area contributed by atoms with Gasteiger partial charge in [-0.05, 0) is 48.4 Å². The Kier molecular flexibility index (Phi) is 6.38. The predicted molar refractivity (Wildman–Crippen MR) is 158 cm³/mol. The first kappa shape index (κ1) is 25.4. The molecule has 0 spiro atoms. The van der Waals surface area contributed by atoms with E-state index in [1.165, 1.54) is 0 Å². The first-order valence-electron chi connectivity index (χ1n) is 13.4. The summed E-state index contributed by atoms with van der Waals surface area (Å²) in [6, 6.07) is 21.5. The van der Waals surface area contributed by atoms with E-state index in [1.807, 2.05) is 101 Å². The number of methoxy groups -OCH3 is 1. The van der Waals surface area contributed by atoms with Gasteiger partial charge in [-0.3, -0.25) is 9.20 Å². The SMILES string of the molecule is CCCCn1c(O)c2c(c1-c1ccc(N(C)C)cc1)C(=O)N=C2c1nc(-c2ccccc2OC)n2ccccc12. The van der Waals surface area contributed by atoms with Crippen molar-refractivity contribution in [3.8, 4) is 34.3 Å². The Morgan fingerprint density at radius 2 is 1.73 bits per heavy atom. The number of ether oxygens (including phenoxy) is 1. The zero-order valence-corrected chi connectivity index (χ0v) is 23.0. The van der Waals surface area contributed by atoms with Crippen LogP contribution in [-0.2, 0) is 6.54 Å². The number of pyridine rings is 1. The molecular weight excluding hydrogens is 502 g/mol. The average Bonchev–Trinajstić information content (AvgIpc) is 3.61. The van der Waals surface area contributed by atoms with E-state index >= 15 is 0 Å². The largest absolute Gasteiger partial charge is 0.496 e. The highest BCUT2D eigenvalue weighted by Gasteiger charge is 2.38. The summed E-state index contributed by atoms with van der Waals surface area (Å²) in [6.07, 6.45) is 3.73. The molecule has 1 aliphatic heterocycles. The number of anilines is 1. The van der Waals surface area contributed by atoms with Gasteiger partial charge in [0.2, 0.25) is 5.88 Å². The minimum absolute atomic E-state index is 0.0376. The van der Waals surface area contributed by atoms with E-state index in [4.69, 9.17) is 9.72 Å². The van der Waals surface area contributed by atoms with Gasteiger partial charge < -0.3 is 19.3 Å². The van der Waals surface area contributed by atoms with Crippen molar-refractivity contribution < 1.29 is 14.6 Å². The summed E-state index contributed by atoms with van der Waals surface area (Å²) in [5, 5.41) is 11.7. The number of nitrogens with zero attached hydrogens (tertiary/aromatic N) is 5. The molecule has 0 saturated carbocycles. The summed E-state index contributed by atoms with van der Waals surface area (Å²) in [5.74, 6) is 1.01. The van der Waals surface area contributed by atoms with Crippen LogP contribution in [0.1, 0.15) is 41.4 Å². The topological polar surface area (TPSA) is 84.4 Å². The zero-order chi connectivity index (χ0) is 28.0. The molecule has 202 valence electrons. The second-order valence-electron chi connectivity index (χ2n) is 10.1. The van der Waals surface area contributed by atoms with Crippen LogP contribution in [0.25, 0.3) is 28.2 Å². The fourth-order valence-electron chi connectivity index (χ4n) is 5.41. The van der Waals surface area contributed by atoms with Crippen LogP contribution in [0.4, 0.5) is 5.69 Å². The lowest BCUT2D eigenvalue weighted by Crippen LogP contribution is -2.08. The molecule has 1 N–H and O–H groups in total. The number of aromatic nitrogens is 3. The van der Waals surface area contributed by atoms with Crippen LogP contribution in [0.15, 0.2) is 77.9 Å². The van der Waals surface area contributed by atoms with Crippen molar-refractivity contribution in [3.63, 3.8) is 0 Å². The molecule has 1 aliphatic rings. The lowest BCUT2D eigenvalue weighted by Gasteiger charge is -2.15. The minimum atomic E-state index is -0.377. The van der Waals surface area contributed by atoms with E-state index in [1.54, 1.807) is 7.11 Å². The second-order valence-corrected chi connectivity index (χ2v) is 10.1. The third kappa shape index (κ3) is 3.95. The molecule has 8 heteroatoms. The van der Waals surface area contributed by atoms with Gasteiger partial charge in [0.25, 0.3) is 5.91 Å². The first-order chi connectivity index (χ1) is 19.4. The van der Waals surface area contributed by atoms with Crippen LogP contribution in [-0.4, -0.2) is 51.9 Å². The molecule has 0 fully saturated rings. The summed E-state index contributed by atoms with van der Waals surface area (Å²) in [4.78, 5) is 25.1. The molecular formula is C32H31N5O3. The van der Waals surface area contributed by atoms with Crippen LogP contribution < -0.4 is 9.64 Å². The Labute approximate surface area is 232 Å². The lowest BCUT2D eigenvalue weighted by molar-refractivity contribution is 0.101. The quantitative estimate of drug-likeness (QED) is 0.263. The number of carbonyl (C=O) groups excluding carboxylic acids is 1. The number of benzene rings is 2. The van der Waals surface area contributed by atoms with Gasteiger partial charge in [0, 0.05) is 32.5 Å². The number of hydrogen-bond donors (Lipinski definition) is 1. The average molecular weight is 534 g/mol. The number of aliphatic imine (C=N–C) groups is 1. The molecule has 5 aromatic rings. The highest BCUT2D eigenvalue weighted by Crippen LogP contribution is 2.42. The number of carbonyl (C=O) groups is 1. The van der Waals surface area contributed by atoms with Crippen molar-refractivity contribution in [3.05, 3.63) is 89.7 Å². The third-order valence-electron chi connectivity index (χ3n) is 7.41. The number of imidazole rings is 1. The normalized spacial score (nSPS) is 12.6. The molecule has 0 radical (unpaired) electrons. The number of unbranched alkanes of at least 4 members (excludes halogenated alkanes) is 1. The van der Waals surface area contributed by atoms with Crippen molar-refractivity contribution in [2.75, 3.05) is 26.1 Å². The number of hydrogen-bond acceptors (Lipinski definition) is 5. The molecule has 2 aromatic carbocycles. The highest BCUT2D eigenvalue weighted by atomic mass is 16.5. The number of para-hydroxylation sites is 1. The van der Waals surface area contributed by atoms with Gasteiger partial charge in [-0.15, -0.1) is 0 Å². The van der Waals surface area contributed by atoms with Crippen molar-refractivity contribution in [1.29, 1.82) is 0 Å². The maximum absolute atomic E-state index is 13.6. The number of fused-ring (bicyclic) bond motifs is 2. The van der Waals surface area contributed by atoms with Crippen LogP contribution in [0.5, 0.6) is 11.6 Å². The Morgan fingerprint density at radius 1 is 0.975 bits per heavy atom. The van der Waals surface area contributed by atoms with Gasteiger partial charge in [-0.1, -0.05) is 43.7 Å². The Bertz CT molecular complexity index is 1780. The Morgan fingerprint density at radius 3 is 2.45 bits per heavy atom. The lowest BCUT2D eigenvalue weighted by atomic mass is 10.0. The van der Waals surface area contributed by atoms with E-state index in [0.717, 1.165) is 35.2 Å². The summed E-state index contributed by atoms with van der Waals surface area (Å²) < 4.78 is 9.43. The molecule has 1 amide bonds. The first-order valence-corrected chi connectivity index (χ1v) is 13.4. The van der Waals surface area contributed by atoms with Crippen molar-refractivity contribution in [1.82, 2.24) is 14.0 Å². The van der Waals surface area contributed by atoms with E-state index in [-0.39, 0.29) is 11.8 Å². The molecule has 0 bridgehead atoms. The van der Waals surface area contributed by atoms with Crippen LogP contribution in [0.3, 0.4) is 0 Å². The molecule has 0 aliphatic carbocycles. The van der Waals surface area contributed by atoms with Gasteiger partial charge in [0.05, 0.1) is 35.0 Å². The predicted octanol–water partition coefficient (Wildman–Crippen LogP) is 6.04. The minimum Gasteiger partial charge on any atom is -0.496 e. The molecule has 0 saturated heterocycles. The molecule has 8 nitrogen and oxygen atoms in total. The van der Waals surface area contributed by atoms with Crippen LogP contribution >= 0.6 is 0 Å². The summed E-state index contributed by atoms with van der Waals surface area (Å²) in [6.45, 7) is 2.69. The third-order valence-corrected chi connectivity index (χ3v) is 7.41. The molecule has 4 heterocycles. The van der Waals surface area contributed by atoms with Gasteiger partial charge in [-0.25, -0.2) is 9.98 Å². The monoisotopic (exact) mass is 533 g/mol. The number of amides is 1. The standard InChI is InChI=1S/C32H31N5O3/c1-5-6-18-37-29(20-14-16-21(17-15-20)35(2)3)26-25(32(37)39)28(34-31(26)38)27-23-12-9-10-19-36(23)30(33-27)22-11-7-8-13-24(22)40-4/h7-17,19,39H,5-6,18H2,1-4H3. The molecule has 6 rings (SSSR count). The van der Waals surface area contributed by atoms with Crippen molar-refractivity contribution in [2.24, 2.45) is 4.99 Å². The number of rotatable bonds is 8. The van der Waals surface area contributed by atoms with E-state index in [2.05, 4.69) is 11.9 Å². The van der Waals surface area contributed by atoms with Crippen LogP contribution in [0.2, 0.25) is 0 Å². The Balaban J connectivity index is 1.57. The van der Waals surface area contributed by atoms with Gasteiger partial charge >= 0.3 is 0 Å². The maximum atomic E-state index is 13.6. The summed E-state index contributed by atoms with van der Waals surface area (Å²) >= 11 is 0. The highest BCUT2D eigenvalue weighted by molar-refractivity contribution is 6.31. The molecule has 0 atom stereocenters. The van der Waals surface area contributed by atoms with Crippen molar-refractivity contribution >= 4 is 22.8 Å². The number of aromatic hydroxyl groups is 1. The molecule has 3 aromatic heterocycles. The zero-order valence-electron chi connectivity index (χ0n) is 23.0. The van der Waals surface area contributed by atoms with Crippen LogP contribution in [0, 0.1) is 0 Å². The van der Waals surface area contributed by atoms with E-state index in [0.29, 0.717) is 46.3 Å². The smallest absolute Gasteiger partial charge is 0.280 e. The molecule has 40 heavy (non-hydrogen) atoms. The summed E-state index contributed by atoms with van der Waals surface area (Å²) in [7, 11) is 5.60. The summed E-state index contributed by atoms with van der Waals surface area (Å²) in [5.41, 5.74) is 5.94. The molecule has 0 unspecified atom stereocenters. The fourth-order valence-corrected chi connectivity index (χ4v) is 5.41. The second kappa shape index (κ2) is 10.0. The fraction of sp³-hybridized carbons (Fsp3) is 0.219. The van der Waals surface area contributed by atoms with Gasteiger partial charge in [-0.2, -0.15) is 0 Å². The van der Waals surface area contributed by atoms with E-state index < -0.39 is 0 Å². The Hall–Kier alpha value is -4.85. The van der Waals surface area contributed by atoms with Gasteiger partial charge in [0.15, 0.2) is 0 Å². The van der Waals surface area contributed by atoms with Crippen molar-refractivity contribution in [2.45, 2.75) is 26.3 Å². The van der Waals surface area contributed by atoms with E-state index in [9.17, 15) is 9.90 Å². The maximum Gasteiger partial charge on any atom is 0.280 e.